The Labute approximate surface area is 157 Å². The summed E-state index contributed by atoms with van der Waals surface area (Å²) < 4.78 is 16.6. The largest absolute Gasteiger partial charge is 0.489 e. The molecule has 0 saturated carbocycles. The van der Waals surface area contributed by atoms with Crippen molar-refractivity contribution in [3.05, 3.63) is 48.5 Å². The molecule has 3 nitrogen and oxygen atoms in total. The Morgan fingerprint density at radius 1 is 0.917 bits per heavy atom. The molecular formula is C17H19Cl3O3Si. The van der Waals surface area contributed by atoms with Crippen LogP contribution in [0.1, 0.15) is 6.42 Å². The molecule has 24 heavy (non-hydrogen) atoms. The molecular weight excluding hydrogens is 387 g/mol. The number of ether oxygens (including phenoxy) is 3. The second kappa shape index (κ2) is 9.54. The highest BCUT2D eigenvalue weighted by Gasteiger charge is 2.24. The van der Waals surface area contributed by atoms with Gasteiger partial charge in [-0.3, -0.25) is 0 Å². The van der Waals surface area contributed by atoms with Gasteiger partial charge >= 0.3 is 6.00 Å². The van der Waals surface area contributed by atoms with Crippen molar-refractivity contribution in [2.45, 2.75) is 12.5 Å². The zero-order valence-corrected chi connectivity index (χ0v) is 16.6. The first kappa shape index (κ1) is 19.4. The van der Waals surface area contributed by atoms with Gasteiger partial charge < -0.3 is 14.2 Å². The number of hydrogen-bond acceptors (Lipinski definition) is 3. The van der Waals surface area contributed by atoms with Crippen LogP contribution in [0.4, 0.5) is 0 Å². The van der Waals surface area contributed by atoms with Crippen LogP contribution in [0.5, 0.6) is 11.5 Å². The predicted molar refractivity (Wildman–Crippen MR) is 103 cm³/mol. The first-order chi connectivity index (χ1) is 11.5. The Kier molecular flexibility index (Phi) is 7.72. The highest BCUT2D eigenvalue weighted by molar-refractivity contribution is 7.64. The zero-order valence-electron chi connectivity index (χ0n) is 13.3. The molecule has 0 fully saturated rings. The fourth-order valence-corrected chi connectivity index (χ4v) is 3.94. The van der Waals surface area contributed by atoms with Crippen molar-refractivity contribution in [1.82, 2.24) is 0 Å². The average molecular weight is 406 g/mol. The maximum absolute atomic E-state index is 5.98. The minimum atomic E-state index is -2.62. The van der Waals surface area contributed by atoms with E-state index in [-0.39, 0.29) is 6.79 Å². The summed E-state index contributed by atoms with van der Waals surface area (Å²) in [4.78, 5) is 0. The van der Waals surface area contributed by atoms with E-state index in [4.69, 9.17) is 47.4 Å². The third-order valence-electron chi connectivity index (χ3n) is 3.25. The van der Waals surface area contributed by atoms with Crippen LogP contribution in [0.2, 0.25) is 6.04 Å². The summed E-state index contributed by atoms with van der Waals surface area (Å²) in [5.41, 5.74) is 2.00. The smallest absolute Gasteiger partial charge is 0.341 e. The van der Waals surface area contributed by atoms with Gasteiger partial charge in [-0.1, -0.05) is 42.5 Å². The normalized spacial score (nSPS) is 11.3. The quantitative estimate of drug-likeness (QED) is 0.230. The fraction of sp³-hybridized carbons (Fsp3) is 0.294. The standard InChI is InChI=1S/C17H19Cl3O3Si/c1-21-13-23-16-10-5-9-15(14-7-3-2-4-8-14)17(16)22-11-6-12-24(18,19)20/h2-5,7-10H,6,11-13H2,1H3. The molecule has 0 radical (unpaired) electrons. The Bertz CT molecular complexity index is 633. The van der Waals surface area contributed by atoms with Gasteiger partial charge in [0.05, 0.1) is 6.61 Å². The van der Waals surface area contributed by atoms with Crippen molar-refractivity contribution in [1.29, 1.82) is 0 Å². The summed E-state index contributed by atoms with van der Waals surface area (Å²) in [5, 5.41) is 0. The lowest BCUT2D eigenvalue weighted by Gasteiger charge is -2.17. The van der Waals surface area contributed by atoms with Crippen molar-refractivity contribution < 1.29 is 14.2 Å². The van der Waals surface area contributed by atoms with Gasteiger partial charge in [0.1, 0.15) is 0 Å². The molecule has 0 amide bonds. The molecule has 130 valence electrons. The maximum atomic E-state index is 5.98. The van der Waals surface area contributed by atoms with Crippen LogP contribution in [-0.2, 0) is 4.74 Å². The Morgan fingerprint density at radius 2 is 1.67 bits per heavy atom. The van der Waals surface area contributed by atoms with Crippen LogP contribution in [0.3, 0.4) is 0 Å². The minimum absolute atomic E-state index is 0.148. The molecule has 0 aliphatic heterocycles. The molecule has 0 bridgehead atoms. The second-order valence-electron chi connectivity index (χ2n) is 5.12. The van der Waals surface area contributed by atoms with Gasteiger partial charge in [-0.15, -0.1) is 33.2 Å². The topological polar surface area (TPSA) is 27.7 Å². The van der Waals surface area contributed by atoms with E-state index in [1.54, 1.807) is 7.11 Å². The van der Waals surface area contributed by atoms with Gasteiger partial charge in [0, 0.05) is 12.7 Å². The van der Waals surface area contributed by atoms with E-state index in [0.717, 1.165) is 11.1 Å². The average Bonchev–Trinajstić information content (AvgIpc) is 2.57. The zero-order chi connectivity index (χ0) is 17.4. The molecule has 2 aromatic carbocycles. The van der Waals surface area contributed by atoms with Gasteiger partial charge in [0.2, 0.25) is 0 Å². The van der Waals surface area contributed by atoms with Crippen molar-refractivity contribution in [2.24, 2.45) is 0 Å². The minimum Gasteiger partial charge on any atom is -0.489 e. The molecule has 2 aromatic rings. The van der Waals surface area contributed by atoms with Crippen molar-refractivity contribution in [3.8, 4) is 22.6 Å². The predicted octanol–water partition coefficient (Wildman–Crippen LogP) is 5.76. The first-order valence-corrected chi connectivity index (χ1v) is 12.8. The van der Waals surface area contributed by atoms with Crippen LogP contribution in [-0.4, -0.2) is 26.5 Å². The lowest BCUT2D eigenvalue weighted by molar-refractivity contribution is 0.0487. The van der Waals surface area contributed by atoms with E-state index < -0.39 is 6.00 Å². The van der Waals surface area contributed by atoms with Crippen LogP contribution in [0, 0.1) is 0 Å². The Balaban J connectivity index is 2.20. The molecule has 0 saturated heterocycles. The number of hydrogen-bond donors (Lipinski definition) is 0. The van der Waals surface area contributed by atoms with Gasteiger partial charge in [-0.05, 0) is 24.1 Å². The Morgan fingerprint density at radius 3 is 2.33 bits per heavy atom. The molecule has 0 unspecified atom stereocenters. The van der Waals surface area contributed by atoms with E-state index >= 15 is 0 Å². The van der Waals surface area contributed by atoms with Crippen molar-refractivity contribution in [3.63, 3.8) is 0 Å². The number of halogens is 3. The number of benzene rings is 2. The summed E-state index contributed by atoms with van der Waals surface area (Å²) in [6.07, 6.45) is 0.676. The molecule has 2 rings (SSSR count). The lowest BCUT2D eigenvalue weighted by Crippen LogP contribution is -2.11. The molecule has 0 heterocycles. The molecule has 0 aromatic heterocycles. The summed E-state index contributed by atoms with van der Waals surface area (Å²) in [6, 6.07) is 13.7. The first-order valence-electron chi connectivity index (χ1n) is 7.51. The number of para-hydroxylation sites is 1. The van der Waals surface area contributed by atoms with E-state index in [9.17, 15) is 0 Å². The highest BCUT2D eigenvalue weighted by atomic mass is 35.8. The van der Waals surface area contributed by atoms with Crippen LogP contribution < -0.4 is 9.47 Å². The molecule has 0 spiro atoms. The van der Waals surface area contributed by atoms with Crippen LogP contribution >= 0.6 is 33.2 Å². The van der Waals surface area contributed by atoms with Crippen LogP contribution in [0.15, 0.2) is 48.5 Å². The van der Waals surface area contributed by atoms with Crippen LogP contribution in [0.25, 0.3) is 11.1 Å². The third-order valence-corrected chi connectivity index (χ3v) is 5.87. The van der Waals surface area contributed by atoms with Gasteiger partial charge in [-0.2, -0.15) is 0 Å². The maximum Gasteiger partial charge on any atom is 0.341 e. The molecule has 0 aliphatic carbocycles. The van der Waals surface area contributed by atoms with Gasteiger partial charge in [-0.25, -0.2) is 0 Å². The molecule has 0 N–H and O–H groups in total. The molecule has 0 aliphatic rings. The van der Waals surface area contributed by atoms with E-state index in [1.165, 1.54) is 0 Å². The van der Waals surface area contributed by atoms with Gasteiger partial charge in [0.15, 0.2) is 18.3 Å². The van der Waals surface area contributed by atoms with E-state index in [0.29, 0.717) is 30.6 Å². The summed E-state index contributed by atoms with van der Waals surface area (Å²) in [7, 11) is 1.58. The lowest BCUT2D eigenvalue weighted by atomic mass is 10.0. The number of methoxy groups -OCH3 is 1. The third kappa shape index (κ3) is 6.19. The summed E-state index contributed by atoms with van der Waals surface area (Å²) in [6.45, 7) is 0.601. The monoisotopic (exact) mass is 404 g/mol. The fourth-order valence-electron chi connectivity index (χ4n) is 2.19. The highest BCUT2D eigenvalue weighted by Crippen LogP contribution is 2.38. The molecule has 7 heteroatoms. The summed E-state index contributed by atoms with van der Waals surface area (Å²) >= 11 is 17.7. The van der Waals surface area contributed by atoms with Crippen molar-refractivity contribution in [2.75, 3.05) is 20.5 Å². The SMILES string of the molecule is COCOc1cccc(-c2ccccc2)c1OCCC[Si](Cl)(Cl)Cl. The second-order valence-corrected chi connectivity index (χ2v) is 14.4. The van der Waals surface area contributed by atoms with Gasteiger partial charge in [0.25, 0.3) is 0 Å². The van der Waals surface area contributed by atoms with Crippen molar-refractivity contribution >= 4 is 39.2 Å². The Hall–Kier alpha value is -0.913. The van der Waals surface area contributed by atoms with E-state index in [1.807, 2.05) is 48.5 Å². The summed E-state index contributed by atoms with van der Waals surface area (Å²) in [5.74, 6) is 1.30. The number of rotatable bonds is 9. The molecule has 0 atom stereocenters. The van der Waals surface area contributed by atoms with E-state index in [2.05, 4.69) is 0 Å².